The molecular weight excluding hydrogens is 146 g/mol. The lowest BCUT2D eigenvalue weighted by molar-refractivity contribution is -0.112. The minimum absolute atomic E-state index is 0.0882. The van der Waals surface area contributed by atoms with Crippen molar-refractivity contribution in [1.82, 2.24) is 5.32 Å². The standard InChI is InChI=1S/C7H13NOS/c1-4-8-7(10-3)5-6(2)9/h5,8H,4H2,1-3H3/b7-5-. The van der Waals surface area contributed by atoms with Crippen LogP contribution in [0, 0.1) is 0 Å². The Morgan fingerprint density at radius 2 is 2.30 bits per heavy atom. The summed E-state index contributed by atoms with van der Waals surface area (Å²) in [5.41, 5.74) is 0. The normalized spacial score (nSPS) is 11.3. The number of hydrogen-bond donors (Lipinski definition) is 1. The molecule has 0 aliphatic rings. The number of nitrogens with one attached hydrogen (secondary N) is 1. The van der Waals surface area contributed by atoms with Gasteiger partial charge < -0.3 is 5.32 Å². The van der Waals surface area contributed by atoms with Crippen LogP contribution in [-0.2, 0) is 4.79 Å². The highest BCUT2D eigenvalue weighted by Crippen LogP contribution is 2.06. The fourth-order valence-corrected chi connectivity index (χ4v) is 1.11. The first-order chi connectivity index (χ1) is 4.70. The number of carbonyl (C=O) groups excluding carboxylic acids is 1. The van der Waals surface area contributed by atoms with Crippen LogP contribution >= 0.6 is 11.8 Å². The molecule has 0 unspecified atom stereocenters. The van der Waals surface area contributed by atoms with E-state index in [1.54, 1.807) is 24.8 Å². The van der Waals surface area contributed by atoms with Crippen molar-refractivity contribution in [1.29, 1.82) is 0 Å². The Kier molecular flexibility index (Phi) is 5.12. The highest BCUT2D eigenvalue weighted by atomic mass is 32.2. The second-order valence-electron chi connectivity index (χ2n) is 1.85. The summed E-state index contributed by atoms with van der Waals surface area (Å²) in [5.74, 6) is 0.0882. The van der Waals surface area contributed by atoms with E-state index in [2.05, 4.69) is 5.32 Å². The highest BCUT2D eigenvalue weighted by Gasteiger charge is 1.92. The molecule has 0 aromatic rings. The molecule has 0 radical (unpaired) electrons. The van der Waals surface area contributed by atoms with Crippen LogP contribution in [-0.4, -0.2) is 18.6 Å². The number of rotatable bonds is 4. The Bertz CT molecular complexity index is 143. The summed E-state index contributed by atoms with van der Waals surface area (Å²) in [7, 11) is 0. The molecule has 0 aromatic carbocycles. The summed E-state index contributed by atoms with van der Waals surface area (Å²) in [6, 6.07) is 0. The second kappa shape index (κ2) is 5.35. The Morgan fingerprint density at radius 3 is 2.60 bits per heavy atom. The van der Waals surface area contributed by atoms with Crippen LogP contribution in [0.2, 0.25) is 0 Å². The van der Waals surface area contributed by atoms with E-state index in [-0.39, 0.29) is 5.78 Å². The molecule has 0 atom stereocenters. The van der Waals surface area contributed by atoms with Crippen molar-refractivity contribution < 1.29 is 4.79 Å². The molecule has 0 bridgehead atoms. The lowest BCUT2D eigenvalue weighted by Gasteiger charge is -2.02. The molecule has 58 valence electrons. The van der Waals surface area contributed by atoms with Gasteiger partial charge >= 0.3 is 0 Å². The first kappa shape index (κ1) is 9.56. The van der Waals surface area contributed by atoms with Crippen LogP contribution in [0.1, 0.15) is 13.8 Å². The predicted molar refractivity (Wildman–Crippen MR) is 46.0 cm³/mol. The van der Waals surface area contributed by atoms with Crippen LogP contribution in [0.25, 0.3) is 0 Å². The molecule has 3 heteroatoms. The van der Waals surface area contributed by atoms with Crippen molar-refractivity contribution in [2.75, 3.05) is 12.8 Å². The third-order valence-electron chi connectivity index (χ3n) is 0.905. The van der Waals surface area contributed by atoms with Gasteiger partial charge in [0.25, 0.3) is 0 Å². The Labute approximate surface area is 66.1 Å². The van der Waals surface area contributed by atoms with Gasteiger partial charge in [0, 0.05) is 12.6 Å². The highest BCUT2D eigenvalue weighted by molar-refractivity contribution is 8.02. The lowest BCUT2D eigenvalue weighted by atomic mass is 10.4. The minimum Gasteiger partial charge on any atom is -0.380 e. The van der Waals surface area contributed by atoms with Crippen molar-refractivity contribution in [2.24, 2.45) is 0 Å². The van der Waals surface area contributed by atoms with E-state index < -0.39 is 0 Å². The molecule has 0 spiro atoms. The van der Waals surface area contributed by atoms with Gasteiger partial charge in [-0.15, -0.1) is 11.8 Å². The predicted octanol–water partition coefficient (Wildman–Crippen LogP) is 1.39. The third kappa shape index (κ3) is 4.44. The van der Waals surface area contributed by atoms with E-state index in [0.717, 1.165) is 11.6 Å². The molecule has 0 saturated heterocycles. The van der Waals surface area contributed by atoms with E-state index in [1.807, 2.05) is 13.2 Å². The number of allylic oxidation sites excluding steroid dienone is 1. The van der Waals surface area contributed by atoms with Crippen molar-refractivity contribution in [3.8, 4) is 0 Å². The molecule has 0 fully saturated rings. The zero-order chi connectivity index (χ0) is 7.98. The maximum absolute atomic E-state index is 10.6. The van der Waals surface area contributed by atoms with Crippen LogP contribution in [0.15, 0.2) is 11.1 Å². The number of thioether (sulfide) groups is 1. The Morgan fingerprint density at radius 1 is 1.70 bits per heavy atom. The molecule has 0 aromatic heterocycles. The lowest BCUT2D eigenvalue weighted by Crippen LogP contribution is -2.10. The number of hydrogen-bond acceptors (Lipinski definition) is 3. The smallest absolute Gasteiger partial charge is 0.155 e. The fraction of sp³-hybridized carbons (Fsp3) is 0.571. The first-order valence-electron chi connectivity index (χ1n) is 3.20. The second-order valence-corrected chi connectivity index (χ2v) is 2.70. The summed E-state index contributed by atoms with van der Waals surface area (Å²) >= 11 is 1.55. The molecule has 1 N–H and O–H groups in total. The molecular formula is C7H13NOS. The van der Waals surface area contributed by atoms with Crippen LogP contribution < -0.4 is 5.32 Å². The van der Waals surface area contributed by atoms with Crippen molar-refractivity contribution in [3.05, 3.63) is 11.1 Å². The van der Waals surface area contributed by atoms with Crippen molar-refractivity contribution in [2.45, 2.75) is 13.8 Å². The van der Waals surface area contributed by atoms with Gasteiger partial charge in [0.2, 0.25) is 0 Å². The summed E-state index contributed by atoms with van der Waals surface area (Å²) in [5, 5.41) is 4.01. The average Bonchev–Trinajstić information content (AvgIpc) is 1.86. The van der Waals surface area contributed by atoms with E-state index >= 15 is 0 Å². The van der Waals surface area contributed by atoms with E-state index in [0.29, 0.717) is 0 Å². The monoisotopic (exact) mass is 159 g/mol. The van der Waals surface area contributed by atoms with E-state index in [1.165, 1.54) is 0 Å². The van der Waals surface area contributed by atoms with Crippen LogP contribution in [0.3, 0.4) is 0 Å². The van der Waals surface area contributed by atoms with Gasteiger partial charge in [0.15, 0.2) is 5.78 Å². The summed E-state index contributed by atoms with van der Waals surface area (Å²) in [4.78, 5) is 10.6. The SMILES string of the molecule is CCN/C(=C/C(C)=O)SC. The Hall–Kier alpha value is -0.440. The molecule has 0 heterocycles. The van der Waals surface area contributed by atoms with Gasteiger partial charge in [-0.3, -0.25) is 4.79 Å². The van der Waals surface area contributed by atoms with Crippen molar-refractivity contribution in [3.63, 3.8) is 0 Å². The molecule has 0 aliphatic carbocycles. The zero-order valence-electron chi connectivity index (χ0n) is 6.60. The molecule has 10 heavy (non-hydrogen) atoms. The maximum Gasteiger partial charge on any atom is 0.155 e. The van der Waals surface area contributed by atoms with E-state index in [9.17, 15) is 4.79 Å². The molecule has 0 amide bonds. The number of ketones is 1. The summed E-state index contributed by atoms with van der Waals surface area (Å²) < 4.78 is 0. The molecule has 0 rings (SSSR count). The Balaban J connectivity index is 3.91. The van der Waals surface area contributed by atoms with Gasteiger partial charge in [0.1, 0.15) is 0 Å². The van der Waals surface area contributed by atoms with E-state index in [4.69, 9.17) is 0 Å². The zero-order valence-corrected chi connectivity index (χ0v) is 7.42. The largest absolute Gasteiger partial charge is 0.380 e. The fourth-order valence-electron chi connectivity index (χ4n) is 0.541. The van der Waals surface area contributed by atoms with Crippen LogP contribution in [0.4, 0.5) is 0 Å². The quantitative estimate of drug-likeness (QED) is 0.628. The first-order valence-corrected chi connectivity index (χ1v) is 4.43. The van der Waals surface area contributed by atoms with Gasteiger partial charge in [0.05, 0.1) is 5.03 Å². The third-order valence-corrected chi connectivity index (χ3v) is 1.61. The molecule has 0 saturated carbocycles. The topological polar surface area (TPSA) is 29.1 Å². The summed E-state index contributed by atoms with van der Waals surface area (Å²) in [6.07, 6.45) is 3.55. The maximum atomic E-state index is 10.6. The van der Waals surface area contributed by atoms with Gasteiger partial charge in [-0.05, 0) is 20.1 Å². The van der Waals surface area contributed by atoms with Gasteiger partial charge in [-0.2, -0.15) is 0 Å². The average molecular weight is 159 g/mol. The summed E-state index contributed by atoms with van der Waals surface area (Å²) in [6.45, 7) is 4.41. The van der Waals surface area contributed by atoms with Gasteiger partial charge in [-0.1, -0.05) is 0 Å². The van der Waals surface area contributed by atoms with Crippen LogP contribution in [0.5, 0.6) is 0 Å². The number of carbonyl (C=O) groups is 1. The molecule has 2 nitrogen and oxygen atoms in total. The van der Waals surface area contributed by atoms with Crippen molar-refractivity contribution >= 4 is 17.5 Å². The molecule has 0 aliphatic heterocycles. The van der Waals surface area contributed by atoms with Gasteiger partial charge in [-0.25, -0.2) is 0 Å². The minimum atomic E-state index is 0.0882.